The molecule has 0 aliphatic carbocycles. The quantitative estimate of drug-likeness (QED) is 0.601. The molecule has 0 N–H and O–H groups in total. The molecular formula is C8H15F2N. The SMILES string of the molecule is CCC1CC(C(F)F)N(C)C1. The molecule has 11 heavy (non-hydrogen) atoms. The summed E-state index contributed by atoms with van der Waals surface area (Å²) in [6.07, 6.45) is -0.477. The first-order valence-electron chi connectivity index (χ1n) is 4.13. The number of halogens is 2. The van der Waals surface area contributed by atoms with Crippen molar-refractivity contribution in [3.05, 3.63) is 0 Å². The largest absolute Gasteiger partial charge is 0.298 e. The van der Waals surface area contributed by atoms with Crippen molar-refractivity contribution in [2.24, 2.45) is 5.92 Å². The summed E-state index contributed by atoms with van der Waals surface area (Å²) in [6, 6.07) is -0.486. The van der Waals surface area contributed by atoms with Crippen LogP contribution < -0.4 is 0 Å². The van der Waals surface area contributed by atoms with Crippen LogP contribution >= 0.6 is 0 Å². The van der Waals surface area contributed by atoms with Crippen LogP contribution in [0.2, 0.25) is 0 Å². The van der Waals surface area contributed by atoms with Gasteiger partial charge in [0.15, 0.2) is 0 Å². The maximum atomic E-state index is 12.3. The molecule has 1 rings (SSSR count). The second kappa shape index (κ2) is 3.48. The van der Waals surface area contributed by atoms with Gasteiger partial charge in [-0.1, -0.05) is 13.3 Å². The highest BCUT2D eigenvalue weighted by molar-refractivity contribution is 4.83. The van der Waals surface area contributed by atoms with Crippen LogP contribution in [0.5, 0.6) is 0 Å². The van der Waals surface area contributed by atoms with Gasteiger partial charge in [0, 0.05) is 6.54 Å². The van der Waals surface area contributed by atoms with Gasteiger partial charge in [0.1, 0.15) is 0 Å². The molecule has 3 heteroatoms. The van der Waals surface area contributed by atoms with Crippen LogP contribution in [0.3, 0.4) is 0 Å². The van der Waals surface area contributed by atoms with Gasteiger partial charge in [-0.15, -0.1) is 0 Å². The third-order valence-corrected chi connectivity index (χ3v) is 2.56. The number of hydrogen-bond acceptors (Lipinski definition) is 1. The Morgan fingerprint density at radius 1 is 1.55 bits per heavy atom. The van der Waals surface area contributed by atoms with Gasteiger partial charge < -0.3 is 0 Å². The van der Waals surface area contributed by atoms with Gasteiger partial charge in [-0.2, -0.15) is 0 Å². The van der Waals surface area contributed by atoms with Crippen molar-refractivity contribution >= 4 is 0 Å². The summed E-state index contributed by atoms with van der Waals surface area (Å²) in [6.45, 7) is 2.90. The predicted octanol–water partition coefficient (Wildman–Crippen LogP) is 1.98. The molecule has 0 aromatic heterocycles. The van der Waals surface area contributed by atoms with Crippen molar-refractivity contribution in [3.8, 4) is 0 Å². The predicted molar refractivity (Wildman–Crippen MR) is 40.8 cm³/mol. The van der Waals surface area contributed by atoms with Gasteiger partial charge in [0.2, 0.25) is 0 Å². The Morgan fingerprint density at radius 3 is 2.45 bits per heavy atom. The number of alkyl halides is 2. The van der Waals surface area contributed by atoms with Gasteiger partial charge in [0.05, 0.1) is 6.04 Å². The number of rotatable bonds is 2. The van der Waals surface area contributed by atoms with E-state index in [1.807, 2.05) is 0 Å². The second-order valence-corrected chi connectivity index (χ2v) is 3.35. The normalized spacial score (nSPS) is 33.5. The molecule has 2 atom stereocenters. The maximum absolute atomic E-state index is 12.3. The fourth-order valence-electron chi connectivity index (χ4n) is 1.73. The van der Waals surface area contributed by atoms with Crippen LogP contribution in [0.25, 0.3) is 0 Å². The van der Waals surface area contributed by atoms with Crippen molar-refractivity contribution in [1.29, 1.82) is 0 Å². The molecule has 0 amide bonds. The van der Waals surface area contributed by atoms with E-state index in [9.17, 15) is 8.78 Å². The van der Waals surface area contributed by atoms with E-state index >= 15 is 0 Å². The van der Waals surface area contributed by atoms with E-state index in [2.05, 4.69) is 6.92 Å². The molecule has 1 aliphatic rings. The lowest BCUT2D eigenvalue weighted by Crippen LogP contribution is -2.31. The van der Waals surface area contributed by atoms with Crippen LogP contribution in [-0.4, -0.2) is 31.0 Å². The highest BCUT2D eigenvalue weighted by Crippen LogP contribution is 2.27. The van der Waals surface area contributed by atoms with E-state index in [1.165, 1.54) is 0 Å². The molecular weight excluding hydrogens is 148 g/mol. The van der Waals surface area contributed by atoms with Crippen LogP contribution in [0.15, 0.2) is 0 Å². The zero-order chi connectivity index (χ0) is 8.43. The van der Waals surface area contributed by atoms with Gasteiger partial charge >= 0.3 is 0 Å². The first-order chi connectivity index (χ1) is 5.15. The highest BCUT2D eigenvalue weighted by Gasteiger charge is 2.34. The minimum absolute atomic E-state index is 0.485. The lowest BCUT2D eigenvalue weighted by Gasteiger charge is -2.17. The third-order valence-electron chi connectivity index (χ3n) is 2.56. The van der Waals surface area contributed by atoms with Gasteiger partial charge in [-0.05, 0) is 19.4 Å². The molecule has 0 radical (unpaired) electrons. The van der Waals surface area contributed by atoms with E-state index in [4.69, 9.17) is 0 Å². The summed E-state index contributed by atoms with van der Waals surface area (Å²) in [5.74, 6) is 0.485. The van der Waals surface area contributed by atoms with Crippen molar-refractivity contribution in [1.82, 2.24) is 4.90 Å². The Kier molecular flexibility index (Phi) is 2.82. The topological polar surface area (TPSA) is 3.24 Å². The van der Waals surface area contributed by atoms with Crippen LogP contribution in [0, 0.1) is 5.92 Å². The molecule has 1 aliphatic heterocycles. The Bertz CT molecular complexity index is 127. The van der Waals surface area contributed by atoms with Crippen molar-refractivity contribution in [2.75, 3.05) is 13.6 Å². The molecule has 0 aromatic rings. The average molecular weight is 163 g/mol. The van der Waals surface area contributed by atoms with E-state index in [1.54, 1.807) is 11.9 Å². The zero-order valence-electron chi connectivity index (χ0n) is 7.06. The lowest BCUT2D eigenvalue weighted by molar-refractivity contribution is 0.0588. The smallest absolute Gasteiger partial charge is 0.253 e. The fourth-order valence-corrected chi connectivity index (χ4v) is 1.73. The Labute approximate surface area is 66.4 Å². The van der Waals surface area contributed by atoms with Gasteiger partial charge in [-0.25, -0.2) is 8.78 Å². The lowest BCUT2D eigenvalue weighted by atomic mass is 10.0. The molecule has 0 aromatic carbocycles. The molecule has 66 valence electrons. The summed E-state index contributed by atoms with van der Waals surface area (Å²) in [7, 11) is 1.78. The third kappa shape index (κ3) is 1.89. The second-order valence-electron chi connectivity index (χ2n) is 3.35. The Balaban J connectivity index is 2.45. The summed E-state index contributed by atoms with van der Waals surface area (Å²) in [5, 5.41) is 0. The molecule has 0 spiro atoms. The Morgan fingerprint density at radius 2 is 2.18 bits per heavy atom. The number of likely N-dealkylation sites (tertiary alicyclic amines) is 1. The molecule has 1 fully saturated rings. The summed E-state index contributed by atoms with van der Waals surface area (Å²) < 4.78 is 24.5. The van der Waals surface area contributed by atoms with Crippen molar-refractivity contribution in [3.63, 3.8) is 0 Å². The van der Waals surface area contributed by atoms with E-state index in [0.29, 0.717) is 12.3 Å². The van der Waals surface area contributed by atoms with Crippen LogP contribution in [0.1, 0.15) is 19.8 Å². The monoisotopic (exact) mass is 163 g/mol. The van der Waals surface area contributed by atoms with E-state index in [0.717, 1.165) is 13.0 Å². The summed E-state index contributed by atoms with van der Waals surface area (Å²) in [4.78, 5) is 1.78. The minimum Gasteiger partial charge on any atom is -0.298 e. The van der Waals surface area contributed by atoms with E-state index < -0.39 is 12.5 Å². The maximum Gasteiger partial charge on any atom is 0.253 e. The molecule has 1 heterocycles. The van der Waals surface area contributed by atoms with Crippen molar-refractivity contribution < 1.29 is 8.78 Å². The molecule has 1 nitrogen and oxygen atoms in total. The standard InChI is InChI=1S/C8H15F2N/c1-3-6-4-7(8(9)10)11(2)5-6/h6-8H,3-5H2,1-2H3. The molecule has 0 bridgehead atoms. The molecule has 0 saturated carbocycles. The average Bonchev–Trinajstić information content (AvgIpc) is 2.30. The Hall–Kier alpha value is -0.180. The van der Waals surface area contributed by atoms with Crippen molar-refractivity contribution in [2.45, 2.75) is 32.2 Å². The number of nitrogens with zero attached hydrogens (tertiary/aromatic N) is 1. The fraction of sp³-hybridized carbons (Fsp3) is 1.00. The molecule has 1 saturated heterocycles. The minimum atomic E-state index is -2.17. The van der Waals surface area contributed by atoms with Gasteiger partial charge in [-0.3, -0.25) is 4.90 Å². The highest BCUT2D eigenvalue weighted by atomic mass is 19.3. The zero-order valence-corrected chi connectivity index (χ0v) is 7.06. The first-order valence-corrected chi connectivity index (χ1v) is 4.13. The van der Waals surface area contributed by atoms with E-state index in [-0.39, 0.29) is 0 Å². The van der Waals surface area contributed by atoms with Gasteiger partial charge in [0.25, 0.3) is 6.43 Å². The summed E-state index contributed by atoms with van der Waals surface area (Å²) >= 11 is 0. The first kappa shape index (κ1) is 8.91. The number of hydrogen-bond donors (Lipinski definition) is 0. The van der Waals surface area contributed by atoms with Crippen LogP contribution in [0.4, 0.5) is 8.78 Å². The van der Waals surface area contributed by atoms with Crippen LogP contribution in [-0.2, 0) is 0 Å². The molecule has 2 unspecified atom stereocenters. The summed E-state index contributed by atoms with van der Waals surface area (Å²) in [5.41, 5.74) is 0.